The number of methoxy groups -OCH3 is 1. The van der Waals surface area contributed by atoms with Gasteiger partial charge in [-0.1, -0.05) is 0 Å². The number of Topliss-reactive ketones (excluding diaryl/α,β-unsaturated/α-hetero) is 1. The van der Waals surface area contributed by atoms with Crippen LogP contribution < -0.4 is 14.8 Å². The maximum Gasteiger partial charge on any atom is 0.344 e. The van der Waals surface area contributed by atoms with E-state index < -0.39 is 30.6 Å². The number of ketones is 1. The lowest BCUT2D eigenvalue weighted by Gasteiger charge is -2.18. The minimum Gasteiger partial charge on any atom is -0.493 e. The lowest BCUT2D eigenvalue weighted by Crippen LogP contribution is -2.42. The molecule has 1 atom stereocenters. The average molecular weight is 364 g/mol. The van der Waals surface area contributed by atoms with Crippen LogP contribution >= 0.6 is 0 Å². The maximum atomic E-state index is 12.1. The number of benzene rings is 1. The second-order valence-electron chi connectivity index (χ2n) is 5.56. The van der Waals surface area contributed by atoms with E-state index in [4.69, 9.17) is 14.2 Å². The van der Waals surface area contributed by atoms with Crippen LogP contribution in [0.3, 0.4) is 0 Å². The fraction of sp³-hybridized carbons (Fsp3) is 0.412. The van der Waals surface area contributed by atoms with Crippen LogP contribution in [0.25, 0.3) is 0 Å². The third-order valence-electron chi connectivity index (χ3n) is 3.69. The van der Waals surface area contributed by atoms with Crippen LogP contribution in [0, 0.1) is 0 Å². The van der Waals surface area contributed by atoms with Crippen molar-refractivity contribution in [3.05, 3.63) is 23.8 Å². The van der Waals surface area contributed by atoms with Crippen LogP contribution in [0.4, 0.5) is 4.79 Å². The van der Waals surface area contributed by atoms with Gasteiger partial charge < -0.3 is 19.5 Å². The van der Waals surface area contributed by atoms with Gasteiger partial charge in [0.2, 0.25) is 0 Å². The quantitative estimate of drug-likeness (QED) is 0.561. The van der Waals surface area contributed by atoms with E-state index in [9.17, 15) is 19.2 Å². The zero-order chi connectivity index (χ0) is 19.3. The minimum absolute atomic E-state index is 0.132. The Labute approximate surface area is 150 Å². The molecule has 0 unspecified atom stereocenters. The molecule has 1 N–H and O–H groups in total. The molecule has 2 rings (SSSR count). The van der Waals surface area contributed by atoms with Gasteiger partial charge in [-0.15, -0.1) is 0 Å². The monoisotopic (exact) mass is 364 g/mol. The predicted molar refractivity (Wildman–Crippen MR) is 89.2 cm³/mol. The molecule has 0 bridgehead atoms. The van der Waals surface area contributed by atoms with Crippen molar-refractivity contribution in [2.75, 3.05) is 26.8 Å². The van der Waals surface area contributed by atoms with Gasteiger partial charge in [-0.25, -0.2) is 9.59 Å². The minimum atomic E-state index is -1.11. The van der Waals surface area contributed by atoms with E-state index in [0.717, 1.165) is 4.90 Å². The molecule has 0 saturated carbocycles. The van der Waals surface area contributed by atoms with Gasteiger partial charge in [0.25, 0.3) is 5.91 Å². The lowest BCUT2D eigenvalue weighted by molar-refractivity contribution is -0.159. The van der Waals surface area contributed by atoms with E-state index in [2.05, 4.69) is 5.32 Å². The number of rotatable bonds is 7. The molecule has 0 aromatic heterocycles. The van der Waals surface area contributed by atoms with E-state index in [1.165, 1.54) is 33.1 Å². The Hall–Kier alpha value is -3.10. The summed E-state index contributed by atoms with van der Waals surface area (Å²) in [5.74, 6) is -0.955. The van der Waals surface area contributed by atoms with Gasteiger partial charge in [0.15, 0.2) is 30.0 Å². The first-order valence-corrected chi connectivity index (χ1v) is 7.94. The first-order chi connectivity index (χ1) is 12.3. The molecular weight excluding hydrogens is 344 g/mol. The molecule has 1 aliphatic rings. The molecule has 9 heteroatoms. The van der Waals surface area contributed by atoms with Gasteiger partial charge in [-0.05, 0) is 32.0 Å². The third-order valence-corrected chi connectivity index (χ3v) is 3.69. The van der Waals surface area contributed by atoms with Crippen molar-refractivity contribution in [2.45, 2.75) is 20.0 Å². The highest BCUT2D eigenvalue weighted by Gasteiger charge is 2.31. The number of amides is 3. The number of ether oxygens (including phenoxy) is 3. The van der Waals surface area contributed by atoms with Crippen LogP contribution in [0.5, 0.6) is 11.5 Å². The molecule has 9 nitrogen and oxygen atoms in total. The largest absolute Gasteiger partial charge is 0.493 e. The number of carbonyl (C=O) groups is 4. The second-order valence-corrected chi connectivity index (χ2v) is 5.56. The summed E-state index contributed by atoms with van der Waals surface area (Å²) in [6, 6.07) is 4.04. The summed E-state index contributed by atoms with van der Waals surface area (Å²) in [4.78, 5) is 47.8. The van der Waals surface area contributed by atoms with Gasteiger partial charge in [-0.3, -0.25) is 14.5 Å². The van der Waals surface area contributed by atoms with E-state index in [1.807, 2.05) is 0 Å². The highest BCUT2D eigenvalue weighted by molar-refractivity contribution is 5.98. The summed E-state index contributed by atoms with van der Waals surface area (Å²) in [5.41, 5.74) is 0.444. The predicted octanol–water partition coefficient (Wildman–Crippen LogP) is 0.760. The Morgan fingerprint density at radius 1 is 1.27 bits per heavy atom. The van der Waals surface area contributed by atoms with E-state index in [0.29, 0.717) is 17.9 Å². The van der Waals surface area contributed by atoms with Crippen molar-refractivity contribution in [3.8, 4) is 11.5 Å². The van der Waals surface area contributed by atoms with Crippen molar-refractivity contribution in [1.29, 1.82) is 0 Å². The number of carbonyl (C=O) groups excluding carboxylic acids is 4. The molecular formula is C17H20N2O7. The van der Waals surface area contributed by atoms with Crippen molar-refractivity contribution >= 4 is 23.7 Å². The highest BCUT2D eigenvalue weighted by Crippen LogP contribution is 2.28. The summed E-state index contributed by atoms with van der Waals surface area (Å²) in [6.07, 6.45) is -1.11. The van der Waals surface area contributed by atoms with Gasteiger partial charge >= 0.3 is 12.0 Å². The number of nitrogens with zero attached hydrogens (tertiary/aromatic N) is 1. The lowest BCUT2D eigenvalue weighted by atomic mass is 10.1. The van der Waals surface area contributed by atoms with Crippen LogP contribution in [0.2, 0.25) is 0 Å². The molecule has 1 aliphatic heterocycles. The summed E-state index contributed by atoms with van der Waals surface area (Å²) in [6.45, 7) is 2.94. The Kier molecular flexibility index (Phi) is 6.16. The van der Waals surface area contributed by atoms with Crippen molar-refractivity contribution in [3.63, 3.8) is 0 Å². The Morgan fingerprint density at radius 2 is 2.00 bits per heavy atom. The topological polar surface area (TPSA) is 111 Å². The van der Waals surface area contributed by atoms with Crippen LogP contribution in [-0.2, 0) is 14.3 Å². The fourth-order valence-electron chi connectivity index (χ4n) is 2.33. The molecule has 140 valence electrons. The second kappa shape index (κ2) is 8.32. The summed E-state index contributed by atoms with van der Waals surface area (Å²) < 4.78 is 15.5. The zero-order valence-electron chi connectivity index (χ0n) is 14.7. The Balaban J connectivity index is 1.91. The molecule has 3 amide bonds. The summed E-state index contributed by atoms with van der Waals surface area (Å²) in [7, 11) is 1.41. The van der Waals surface area contributed by atoms with Gasteiger partial charge in [0.05, 0.1) is 7.11 Å². The number of hydrogen-bond donors (Lipinski definition) is 1. The number of hydrogen-bond acceptors (Lipinski definition) is 7. The Bertz CT molecular complexity index is 732. The van der Waals surface area contributed by atoms with Gasteiger partial charge in [-0.2, -0.15) is 0 Å². The third kappa shape index (κ3) is 4.50. The highest BCUT2D eigenvalue weighted by atomic mass is 16.6. The normalized spacial score (nSPS) is 14.4. The van der Waals surface area contributed by atoms with Gasteiger partial charge in [0.1, 0.15) is 0 Å². The molecule has 0 spiro atoms. The van der Waals surface area contributed by atoms with E-state index >= 15 is 0 Å². The SMILES string of the molecule is COc1cc(C(C)=O)ccc1OCC(=O)O[C@H](C)C(=O)N1CCNC1=O. The smallest absolute Gasteiger partial charge is 0.344 e. The van der Waals surface area contributed by atoms with Gasteiger partial charge in [0, 0.05) is 18.7 Å². The first-order valence-electron chi connectivity index (χ1n) is 7.94. The molecule has 1 aromatic carbocycles. The average Bonchev–Trinajstić information content (AvgIpc) is 3.04. The van der Waals surface area contributed by atoms with Crippen LogP contribution in [0.1, 0.15) is 24.2 Å². The molecule has 0 radical (unpaired) electrons. The first kappa shape index (κ1) is 19.2. The summed E-state index contributed by atoms with van der Waals surface area (Å²) >= 11 is 0. The van der Waals surface area contributed by atoms with Crippen LogP contribution in [0.15, 0.2) is 18.2 Å². The number of nitrogens with one attached hydrogen (secondary N) is 1. The standard InChI is InChI=1S/C17H20N2O7/c1-10(20)12-4-5-13(14(8-12)24-3)25-9-15(21)26-11(2)16(22)19-7-6-18-17(19)23/h4-5,8,11H,6-7,9H2,1-3H3,(H,18,23)/t11-/m1/s1. The molecule has 26 heavy (non-hydrogen) atoms. The zero-order valence-corrected chi connectivity index (χ0v) is 14.7. The molecule has 1 aromatic rings. The van der Waals surface area contributed by atoms with Crippen molar-refractivity contribution < 1.29 is 33.4 Å². The van der Waals surface area contributed by atoms with E-state index in [1.54, 1.807) is 6.07 Å². The molecule has 1 fully saturated rings. The van der Waals surface area contributed by atoms with E-state index in [-0.39, 0.29) is 18.1 Å². The van der Waals surface area contributed by atoms with Crippen LogP contribution in [-0.4, -0.2) is 61.5 Å². The van der Waals surface area contributed by atoms with Crippen molar-refractivity contribution in [2.24, 2.45) is 0 Å². The Morgan fingerprint density at radius 3 is 2.58 bits per heavy atom. The molecule has 0 aliphatic carbocycles. The summed E-state index contributed by atoms with van der Waals surface area (Å²) in [5, 5.41) is 2.49. The maximum absolute atomic E-state index is 12.1. The fourth-order valence-corrected chi connectivity index (χ4v) is 2.33. The number of imide groups is 1. The number of urea groups is 1. The number of esters is 1. The van der Waals surface area contributed by atoms with Crippen molar-refractivity contribution in [1.82, 2.24) is 10.2 Å². The molecule has 1 heterocycles. The molecule has 1 saturated heterocycles.